The molecule has 7 heteroatoms. The molecule has 3 rings (SSSR count). The Hall–Kier alpha value is -1.66. The molecule has 3 unspecified atom stereocenters. The van der Waals surface area contributed by atoms with E-state index in [4.69, 9.17) is 4.74 Å². The van der Waals surface area contributed by atoms with E-state index in [2.05, 4.69) is 0 Å². The van der Waals surface area contributed by atoms with Crippen molar-refractivity contribution in [2.24, 2.45) is 11.8 Å². The molecule has 0 radical (unpaired) electrons. The summed E-state index contributed by atoms with van der Waals surface area (Å²) in [5.74, 6) is -11.9. The molecule has 2 fully saturated rings. The zero-order valence-corrected chi connectivity index (χ0v) is 10.8. The van der Waals surface area contributed by atoms with E-state index in [0.717, 1.165) is 19.3 Å². The average Bonchev–Trinajstić information content (AvgIpc) is 3.05. The Morgan fingerprint density at radius 3 is 1.90 bits per heavy atom. The lowest BCUT2D eigenvalue weighted by atomic mass is 9.97. The predicted octanol–water partition coefficient (Wildman–Crippen LogP) is 3.73. The highest BCUT2D eigenvalue weighted by atomic mass is 19.2. The Labute approximate surface area is 116 Å². The molecule has 2 saturated carbocycles. The molecule has 2 nitrogen and oxygen atoms in total. The van der Waals surface area contributed by atoms with E-state index in [9.17, 15) is 26.7 Å². The molecule has 2 bridgehead atoms. The molecule has 0 N–H and O–H groups in total. The number of carbonyl (C=O) groups excluding carboxylic acids is 1. The van der Waals surface area contributed by atoms with E-state index in [0.29, 0.717) is 12.3 Å². The van der Waals surface area contributed by atoms with Gasteiger partial charge in [-0.25, -0.2) is 26.7 Å². The smallest absolute Gasteiger partial charge is 0.344 e. The van der Waals surface area contributed by atoms with Crippen LogP contribution < -0.4 is 0 Å². The summed E-state index contributed by atoms with van der Waals surface area (Å²) >= 11 is 0. The van der Waals surface area contributed by atoms with Crippen LogP contribution in [0.3, 0.4) is 0 Å². The molecular formula is C14H11F5O2. The zero-order chi connectivity index (χ0) is 15.3. The Morgan fingerprint density at radius 1 is 0.857 bits per heavy atom. The standard InChI is InChI=1S/C14H11F5O2/c15-9-8(10(16)12(18)13(19)11(9)17)14(20)21-7-4-5-1-2-6(7)3-5/h5-7H,1-4H2. The Kier molecular flexibility index (Phi) is 3.37. The van der Waals surface area contributed by atoms with Crippen molar-refractivity contribution < 1.29 is 31.5 Å². The van der Waals surface area contributed by atoms with Gasteiger partial charge in [0, 0.05) is 0 Å². The van der Waals surface area contributed by atoms with Gasteiger partial charge in [-0.15, -0.1) is 0 Å². The van der Waals surface area contributed by atoms with Gasteiger partial charge in [-0.2, -0.15) is 0 Å². The molecule has 2 aliphatic rings. The van der Waals surface area contributed by atoms with Crippen LogP contribution in [0.2, 0.25) is 0 Å². The van der Waals surface area contributed by atoms with Crippen LogP contribution >= 0.6 is 0 Å². The van der Waals surface area contributed by atoms with Crippen LogP contribution in [0.1, 0.15) is 36.0 Å². The summed E-state index contributed by atoms with van der Waals surface area (Å²) in [5, 5.41) is 0. The van der Waals surface area contributed by atoms with Gasteiger partial charge in [0.25, 0.3) is 0 Å². The SMILES string of the molecule is O=C(OC1CC2CCC1C2)c1c(F)c(F)c(F)c(F)c1F. The normalized spacial score (nSPS) is 27.2. The van der Waals surface area contributed by atoms with Crippen molar-refractivity contribution in [3.05, 3.63) is 34.6 Å². The molecule has 21 heavy (non-hydrogen) atoms. The topological polar surface area (TPSA) is 26.3 Å². The lowest BCUT2D eigenvalue weighted by molar-refractivity contribution is 0.0145. The first kappa shape index (κ1) is 14.3. The molecule has 3 atom stereocenters. The molecule has 2 aliphatic carbocycles. The summed E-state index contributed by atoms with van der Waals surface area (Å²) in [6, 6.07) is 0. The lowest BCUT2D eigenvalue weighted by Gasteiger charge is -2.22. The maximum atomic E-state index is 13.5. The van der Waals surface area contributed by atoms with Crippen molar-refractivity contribution in [2.75, 3.05) is 0 Å². The van der Waals surface area contributed by atoms with Crippen LogP contribution in [0.25, 0.3) is 0 Å². The summed E-state index contributed by atoms with van der Waals surface area (Å²) in [6.45, 7) is 0. The largest absolute Gasteiger partial charge is 0.458 e. The fraction of sp³-hybridized carbons (Fsp3) is 0.500. The Morgan fingerprint density at radius 2 is 1.43 bits per heavy atom. The van der Waals surface area contributed by atoms with Crippen molar-refractivity contribution in [1.29, 1.82) is 0 Å². The second kappa shape index (κ2) is 4.96. The monoisotopic (exact) mass is 306 g/mol. The number of halogens is 5. The van der Waals surface area contributed by atoms with Gasteiger partial charge in [0.15, 0.2) is 23.3 Å². The summed E-state index contributed by atoms with van der Waals surface area (Å²) < 4.78 is 71.0. The molecular weight excluding hydrogens is 295 g/mol. The molecule has 114 valence electrons. The minimum atomic E-state index is -2.29. The number of esters is 1. The molecule has 0 saturated heterocycles. The van der Waals surface area contributed by atoms with Crippen LogP contribution in [0.5, 0.6) is 0 Å². The molecule has 1 aromatic rings. The number of hydrogen-bond donors (Lipinski definition) is 0. The third-order valence-corrected chi connectivity index (χ3v) is 4.35. The summed E-state index contributed by atoms with van der Waals surface area (Å²) in [6.07, 6.45) is 2.80. The van der Waals surface area contributed by atoms with Crippen LogP contribution in [-0.4, -0.2) is 12.1 Å². The van der Waals surface area contributed by atoms with Gasteiger partial charge < -0.3 is 4.74 Å². The third-order valence-electron chi connectivity index (χ3n) is 4.35. The quantitative estimate of drug-likeness (QED) is 0.360. The van der Waals surface area contributed by atoms with Crippen LogP contribution in [0.4, 0.5) is 22.0 Å². The van der Waals surface area contributed by atoms with Crippen molar-refractivity contribution in [1.82, 2.24) is 0 Å². The maximum absolute atomic E-state index is 13.5. The summed E-state index contributed by atoms with van der Waals surface area (Å²) in [4.78, 5) is 11.8. The number of rotatable bonds is 2. The van der Waals surface area contributed by atoms with Gasteiger partial charge in [-0.1, -0.05) is 0 Å². The molecule has 0 heterocycles. The molecule has 1 aromatic carbocycles. The Bertz CT molecular complexity index is 587. The Balaban J connectivity index is 1.88. The number of ether oxygens (including phenoxy) is 1. The average molecular weight is 306 g/mol. The van der Waals surface area contributed by atoms with Crippen LogP contribution in [-0.2, 0) is 4.74 Å². The first-order valence-corrected chi connectivity index (χ1v) is 6.62. The van der Waals surface area contributed by atoms with Crippen LogP contribution in [0.15, 0.2) is 0 Å². The van der Waals surface area contributed by atoms with E-state index in [1.807, 2.05) is 0 Å². The number of carbonyl (C=O) groups is 1. The fourth-order valence-corrected chi connectivity index (χ4v) is 3.31. The van der Waals surface area contributed by atoms with Crippen LogP contribution in [0, 0.1) is 40.9 Å². The lowest BCUT2D eigenvalue weighted by Crippen LogP contribution is -2.26. The predicted molar refractivity (Wildman–Crippen MR) is 60.9 cm³/mol. The second-order valence-electron chi connectivity index (χ2n) is 5.56. The number of fused-ring (bicyclic) bond motifs is 2. The third kappa shape index (κ3) is 2.18. The van der Waals surface area contributed by atoms with Gasteiger partial charge in [0.2, 0.25) is 5.82 Å². The van der Waals surface area contributed by atoms with Crippen molar-refractivity contribution in [3.63, 3.8) is 0 Å². The molecule has 0 amide bonds. The van der Waals surface area contributed by atoms with E-state index >= 15 is 0 Å². The maximum Gasteiger partial charge on any atom is 0.344 e. The van der Waals surface area contributed by atoms with E-state index < -0.39 is 46.7 Å². The van der Waals surface area contributed by atoms with Gasteiger partial charge in [0.1, 0.15) is 11.7 Å². The zero-order valence-electron chi connectivity index (χ0n) is 10.8. The minimum Gasteiger partial charge on any atom is -0.458 e. The van der Waals surface area contributed by atoms with E-state index in [-0.39, 0.29) is 5.92 Å². The van der Waals surface area contributed by atoms with Gasteiger partial charge in [-0.05, 0) is 37.5 Å². The van der Waals surface area contributed by atoms with Crippen molar-refractivity contribution in [3.8, 4) is 0 Å². The highest BCUT2D eigenvalue weighted by Crippen LogP contribution is 2.46. The number of benzene rings is 1. The summed E-state index contributed by atoms with van der Waals surface area (Å²) in [5.41, 5.74) is -1.52. The first-order chi connectivity index (χ1) is 9.90. The van der Waals surface area contributed by atoms with Gasteiger partial charge in [-0.3, -0.25) is 0 Å². The van der Waals surface area contributed by atoms with Gasteiger partial charge >= 0.3 is 5.97 Å². The fourth-order valence-electron chi connectivity index (χ4n) is 3.31. The molecule has 0 aromatic heterocycles. The molecule has 0 aliphatic heterocycles. The summed E-state index contributed by atoms with van der Waals surface area (Å²) in [7, 11) is 0. The number of hydrogen-bond acceptors (Lipinski definition) is 2. The van der Waals surface area contributed by atoms with Crippen molar-refractivity contribution in [2.45, 2.75) is 31.8 Å². The van der Waals surface area contributed by atoms with Crippen molar-refractivity contribution >= 4 is 5.97 Å². The minimum absolute atomic E-state index is 0.111. The molecule has 0 spiro atoms. The van der Waals surface area contributed by atoms with Gasteiger partial charge in [0.05, 0.1) is 0 Å². The highest BCUT2D eigenvalue weighted by molar-refractivity contribution is 5.90. The van der Waals surface area contributed by atoms with E-state index in [1.165, 1.54) is 0 Å². The van der Waals surface area contributed by atoms with E-state index in [1.54, 1.807) is 0 Å². The first-order valence-electron chi connectivity index (χ1n) is 6.62. The highest BCUT2D eigenvalue weighted by Gasteiger charge is 2.42. The second-order valence-corrected chi connectivity index (χ2v) is 5.56.